The number of methoxy groups -OCH3 is 2. The Bertz CT molecular complexity index is 853. The fourth-order valence-electron chi connectivity index (χ4n) is 2.91. The number of nitrogens with zero attached hydrogens (tertiary/aromatic N) is 2. The zero-order valence-electron chi connectivity index (χ0n) is 14.7. The molecule has 2 aromatic rings. The van der Waals surface area contributed by atoms with Crippen LogP contribution in [0.3, 0.4) is 0 Å². The van der Waals surface area contributed by atoms with E-state index in [1.807, 2.05) is 18.2 Å². The lowest BCUT2D eigenvalue weighted by atomic mass is 10.1. The maximum absolute atomic E-state index is 12.2. The molecule has 0 saturated carbocycles. The van der Waals surface area contributed by atoms with Gasteiger partial charge >= 0.3 is 0 Å². The number of fused-ring (bicyclic) bond motifs is 1. The third kappa shape index (κ3) is 4.01. The average Bonchev–Trinajstić information content (AvgIpc) is 3.05. The molecule has 1 amide bonds. The van der Waals surface area contributed by atoms with Crippen molar-refractivity contribution in [1.29, 1.82) is 0 Å². The highest BCUT2D eigenvalue weighted by atomic mass is 32.2. The molecule has 0 aliphatic carbocycles. The molecule has 7 nitrogen and oxygen atoms in total. The molecule has 0 bridgehead atoms. The Kier molecular flexibility index (Phi) is 5.82. The molecule has 0 saturated heterocycles. The minimum Gasteiger partial charge on any atom is -0.493 e. The van der Waals surface area contributed by atoms with Crippen LogP contribution in [-0.4, -0.2) is 42.0 Å². The van der Waals surface area contributed by atoms with Gasteiger partial charge in [0.1, 0.15) is 0 Å². The van der Waals surface area contributed by atoms with Crippen molar-refractivity contribution in [1.82, 2.24) is 14.9 Å². The van der Waals surface area contributed by atoms with Crippen molar-refractivity contribution in [3.63, 3.8) is 0 Å². The van der Waals surface area contributed by atoms with Crippen molar-refractivity contribution >= 4 is 17.7 Å². The van der Waals surface area contributed by atoms with Gasteiger partial charge in [0.05, 0.1) is 20.3 Å². The maximum Gasteiger partial charge on any atom is 0.254 e. The summed E-state index contributed by atoms with van der Waals surface area (Å²) in [6.07, 6.45) is 2.47. The number of carbonyl (C=O) groups is 1. The van der Waals surface area contributed by atoms with Crippen LogP contribution < -0.4 is 20.3 Å². The number of rotatable bonds is 7. The van der Waals surface area contributed by atoms with Crippen LogP contribution in [0.1, 0.15) is 18.0 Å². The van der Waals surface area contributed by atoms with Crippen LogP contribution in [-0.2, 0) is 11.2 Å². The van der Waals surface area contributed by atoms with Crippen LogP contribution >= 0.6 is 11.8 Å². The predicted molar refractivity (Wildman–Crippen MR) is 99.1 cm³/mol. The van der Waals surface area contributed by atoms with Gasteiger partial charge in [-0.2, -0.15) is 0 Å². The van der Waals surface area contributed by atoms with Crippen LogP contribution in [0, 0.1) is 0 Å². The van der Waals surface area contributed by atoms with Crippen LogP contribution in [0.5, 0.6) is 11.5 Å². The Labute approximate surface area is 155 Å². The molecule has 0 spiro atoms. The van der Waals surface area contributed by atoms with E-state index in [1.165, 1.54) is 24.0 Å². The van der Waals surface area contributed by atoms with E-state index in [2.05, 4.69) is 10.3 Å². The quantitative estimate of drug-likeness (QED) is 0.741. The van der Waals surface area contributed by atoms with Gasteiger partial charge in [0.2, 0.25) is 5.91 Å². The molecule has 1 atom stereocenters. The Morgan fingerprint density at radius 3 is 2.88 bits per heavy atom. The van der Waals surface area contributed by atoms with Gasteiger partial charge in [-0.05, 0) is 24.1 Å². The summed E-state index contributed by atoms with van der Waals surface area (Å²) in [5.41, 5.74) is 0.938. The highest BCUT2D eigenvalue weighted by Crippen LogP contribution is 2.31. The molecule has 0 radical (unpaired) electrons. The second kappa shape index (κ2) is 8.27. The number of hydrogen-bond acceptors (Lipinski definition) is 6. The first kappa shape index (κ1) is 18.3. The van der Waals surface area contributed by atoms with Gasteiger partial charge in [0, 0.05) is 31.0 Å². The summed E-state index contributed by atoms with van der Waals surface area (Å²) in [5, 5.41) is 3.60. The Hall–Kier alpha value is -2.48. The van der Waals surface area contributed by atoms with Crippen LogP contribution in [0.15, 0.2) is 40.4 Å². The van der Waals surface area contributed by atoms with Crippen molar-refractivity contribution in [2.45, 2.75) is 24.0 Å². The fraction of sp³-hybridized carbons (Fsp3) is 0.389. The zero-order chi connectivity index (χ0) is 18.5. The summed E-state index contributed by atoms with van der Waals surface area (Å²) in [5.74, 6) is 1.97. The molecule has 1 aromatic carbocycles. The summed E-state index contributed by atoms with van der Waals surface area (Å²) in [6.45, 7) is 0.517. The molecule has 138 valence electrons. The summed E-state index contributed by atoms with van der Waals surface area (Å²) in [7, 11) is 3.19. The smallest absolute Gasteiger partial charge is 0.254 e. The first-order valence-electron chi connectivity index (χ1n) is 8.30. The summed E-state index contributed by atoms with van der Waals surface area (Å²) >= 11 is 1.51. The van der Waals surface area contributed by atoms with Gasteiger partial charge in [-0.15, -0.1) is 0 Å². The van der Waals surface area contributed by atoms with Crippen molar-refractivity contribution in [3.8, 4) is 11.5 Å². The minimum atomic E-state index is -0.141. The molecule has 2 heterocycles. The molecule has 8 heteroatoms. The molecular weight excluding hydrogens is 354 g/mol. The van der Waals surface area contributed by atoms with Crippen LogP contribution in [0.25, 0.3) is 0 Å². The first-order valence-corrected chi connectivity index (χ1v) is 9.29. The molecule has 1 N–H and O–H groups in total. The number of carbonyl (C=O) groups excluding carboxylic acids is 1. The van der Waals surface area contributed by atoms with Crippen LogP contribution in [0.4, 0.5) is 0 Å². The summed E-state index contributed by atoms with van der Waals surface area (Å²) in [4.78, 5) is 28.4. The number of nitrogens with one attached hydrogen (secondary N) is 1. The van der Waals surface area contributed by atoms with Crippen molar-refractivity contribution < 1.29 is 14.3 Å². The normalized spacial score (nSPS) is 15.4. The third-order valence-electron chi connectivity index (χ3n) is 4.22. The molecule has 0 fully saturated rings. The molecule has 1 unspecified atom stereocenters. The number of thioether (sulfide) groups is 1. The van der Waals surface area contributed by atoms with Crippen molar-refractivity contribution in [2.75, 3.05) is 26.5 Å². The zero-order valence-corrected chi connectivity index (χ0v) is 15.5. The van der Waals surface area contributed by atoms with E-state index in [9.17, 15) is 9.59 Å². The van der Waals surface area contributed by atoms with E-state index < -0.39 is 0 Å². The largest absolute Gasteiger partial charge is 0.493 e. The molecule has 26 heavy (non-hydrogen) atoms. The van der Waals surface area contributed by atoms with Crippen molar-refractivity contribution in [3.05, 3.63) is 46.4 Å². The van der Waals surface area contributed by atoms with Gasteiger partial charge in [-0.3, -0.25) is 14.2 Å². The first-order chi connectivity index (χ1) is 12.6. The number of amides is 1. The number of ether oxygens (including phenoxy) is 2. The highest BCUT2D eigenvalue weighted by Gasteiger charge is 2.26. The number of hydrogen-bond donors (Lipinski definition) is 1. The van der Waals surface area contributed by atoms with Gasteiger partial charge in [0.15, 0.2) is 16.7 Å². The molecule has 3 rings (SSSR count). The Balaban J connectivity index is 1.52. The predicted octanol–water partition coefficient (Wildman–Crippen LogP) is 1.66. The number of benzene rings is 1. The van der Waals surface area contributed by atoms with E-state index in [4.69, 9.17) is 9.47 Å². The van der Waals surface area contributed by atoms with Gasteiger partial charge < -0.3 is 14.8 Å². The van der Waals surface area contributed by atoms with Crippen LogP contribution in [0.2, 0.25) is 0 Å². The molecule has 1 aliphatic rings. The lowest BCUT2D eigenvalue weighted by Crippen LogP contribution is -2.31. The van der Waals surface area contributed by atoms with E-state index in [0.717, 1.165) is 5.56 Å². The highest BCUT2D eigenvalue weighted by molar-refractivity contribution is 7.99. The molecule has 1 aromatic heterocycles. The van der Waals surface area contributed by atoms with Gasteiger partial charge in [0.25, 0.3) is 5.56 Å². The average molecular weight is 375 g/mol. The van der Waals surface area contributed by atoms with Gasteiger partial charge in [-0.1, -0.05) is 17.8 Å². The standard InChI is InChI=1S/C18H21N3O4S/c1-24-14-4-3-12(9-15(14)25-2)5-7-19-16(22)10-13-11-26-18-20-8-6-17(23)21(13)18/h3-4,6,8-9,13H,5,7,10-11H2,1-2H3,(H,19,22). The third-order valence-corrected chi connectivity index (χ3v) is 5.33. The SMILES string of the molecule is COc1ccc(CCNC(=O)CC2CSc3nccc(=O)n32)cc1OC. The van der Waals surface area contributed by atoms with E-state index >= 15 is 0 Å². The fourth-order valence-corrected chi connectivity index (χ4v) is 4.03. The van der Waals surface area contributed by atoms with E-state index in [0.29, 0.717) is 35.4 Å². The molecular formula is C18H21N3O4S. The maximum atomic E-state index is 12.2. The Morgan fingerprint density at radius 1 is 1.31 bits per heavy atom. The number of aromatic nitrogens is 2. The second-order valence-electron chi connectivity index (χ2n) is 5.89. The second-order valence-corrected chi connectivity index (χ2v) is 6.88. The molecule has 1 aliphatic heterocycles. The van der Waals surface area contributed by atoms with Gasteiger partial charge in [-0.25, -0.2) is 4.98 Å². The monoisotopic (exact) mass is 375 g/mol. The lowest BCUT2D eigenvalue weighted by Gasteiger charge is -2.13. The topological polar surface area (TPSA) is 82.5 Å². The Morgan fingerprint density at radius 2 is 2.12 bits per heavy atom. The minimum absolute atomic E-state index is 0.0697. The summed E-state index contributed by atoms with van der Waals surface area (Å²) in [6, 6.07) is 6.99. The summed E-state index contributed by atoms with van der Waals surface area (Å²) < 4.78 is 12.1. The van der Waals surface area contributed by atoms with Crippen molar-refractivity contribution in [2.24, 2.45) is 0 Å². The van der Waals surface area contributed by atoms with E-state index in [1.54, 1.807) is 18.8 Å². The lowest BCUT2D eigenvalue weighted by molar-refractivity contribution is -0.121. The van der Waals surface area contributed by atoms with E-state index in [-0.39, 0.29) is 23.9 Å².